The molecule has 3 unspecified atom stereocenters. The molecule has 1 amide bonds. The fourth-order valence-corrected chi connectivity index (χ4v) is 2.90. The maximum atomic E-state index is 12.0. The molecule has 1 aromatic rings. The van der Waals surface area contributed by atoms with Crippen molar-refractivity contribution < 1.29 is 9.53 Å². The zero-order valence-electron chi connectivity index (χ0n) is 12.6. The third-order valence-corrected chi connectivity index (χ3v) is 4.22. The van der Waals surface area contributed by atoms with E-state index in [1.165, 1.54) is 0 Å². The maximum Gasteiger partial charge on any atom is 0.225 e. The summed E-state index contributed by atoms with van der Waals surface area (Å²) in [6.07, 6.45) is 2.97. The highest BCUT2D eigenvalue weighted by Gasteiger charge is 2.23. The van der Waals surface area contributed by atoms with Crippen LogP contribution in [0.25, 0.3) is 0 Å². The number of nitrogens with one attached hydrogen (secondary N) is 2. The van der Waals surface area contributed by atoms with Crippen LogP contribution in [0.1, 0.15) is 33.1 Å². The molecule has 1 saturated heterocycles. The van der Waals surface area contributed by atoms with Crippen molar-refractivity contribution >= 4 is 27.5 Å². The van der Waals surface area contributed by atoms with E-state index in [0.29, 0.717) is 6.42 Å². The van der Waals surface area contributed by atoms with Crippen LogP contribution < -0.4 is 10.6 Å². The molecule has 1 fully saturated rings. The lowest BCUT2D eigenvalue weighted by molar-refractivity contribution is -0.116. The Balaban J connectivity index is 1.74. The summed E-state index contributed by atoms with van der Waals surface area (Å²) in [6.45, 7) is 5.01. The normalized spacial score (nSPS) is 21.0. The molecule has 4 nitrogen and oxygen atoms in total. The smallest absolute Gasteiger partial charge is 0.225 e. The predicted molar refractivity (Wildman–Crippen MR) is 88.4 cm³/mol. The highest BCUT2D eigenvalue weighted by molar-refractivity contribution is 9.10. The van der Waals surface area contributed by atoms with E-state index < -0.39 is 0 Å². The highest BCUT2D eigenvalue weighted by Crippen LogP contribution is 2.17. The Morgan fingerprint density at radius 3 is 2.71 bits per heavy atom. The Morgan fingerprint density at radius 1 is 1.38 bits per heavy atom. The third-order valence-electron chi connectivity index (χ3n) is 3.69. The van der Waals surface area contributed by atoms with Crippen molar-refractivity contribution in [2.75, 3.05) is 11.9 Å². The predicted octanol–water partition coefficient (Wildman–Crippen LogP) is 3.32. The van der Waals surface area contributed by atoms with Crippen LogP contribution in [0.5, 0.6) is 0 Å². The van der Waals surface area contributed by atoms with Gasteiger partial charge in [-0.25, -0.2) is 0 Å². The fraction of sp³-hybridized carbons (Fsp3) is 0.562. The van der Waals surface area contributed by atoms with E-state index in [1.54, 1.807) is 0 Å². The van der Waals surface area contributed by atoms with Gasteiger partial charge in [0.15, 0.2) is 0 Å². The molecule has 2 N–H and O–H groups in total. The lowest BCUT2D eigenvalue weighted by Gasteiger charge is -2.24. The summed E-state index contributed by atoms with van der Waals surface area (Å²) in [5, 5.41) is 6.37. The monoisotopic (exact) mass is 354 g/mol. The largest absolute Gasteiger partial charge is 0.377 e. The number of ether oxygens (including phenoxy) is 1. The van der Waals surface area contributed by atoms with Crippen molar-refractivity contribution in [1.82, 2.24) is 5.32 Å². The highest BCUT2D eigenvalue weighted by atomic mass is 79.9. The summed E-state index contributed by atoms with van der Waals surface area (Å²) in [5.74, 6) is 0.0249. The standard InChI is InChI=1S/C16H23BrN2O2/c1-11(18-12(2)15-4-3-9-21-15)10-16(20)19-14-7-5-13(17)6-8-14/h5-8,11-12,15,18H,3-4,9-10H2,1-2H3,(H,19,20). The molecule has 0 saturated carbocycles. The first-order chi connectivity index (χ1) is 10.0. The lowest BCUT2D eigenvalue weighted by Crippen LogP contribution is -2.43. The summed E-state index contributed by atoms with van der Waals surface area (Å²) in [6, 6.07) is 8.00. The molecule has 21 heavy (non-hydrogen) atoms. The molecule has 0 bridgehead atoms. The maximum absolute atomic E-state index is 12.0. The van der Waals surface area contributed by atoms with Crippen molar-refractivity contribution in [3.63, 3.8) is 0 Å². The number of amides is 1. The van der Waals surface area contributed by atoms with Gasteiger partial charge in [-0.3, -0.25) is 4.79 Å². The van der Waals surface area contributed by atoms with Crippen molar-refractivity contribution in [2.45, 2.75) is 51.3 Å². The van der Waals surface area contributed by atoms with Gasteiger partial charge in [-0.05, 0) is 51.0 Å². The molecule has 0 aromatic heterocycles. The van der Waals surface area contributed by atoms with Gasteiger partial charge in [-0.1, -0.05) is 15.9 Å². The van der Waals surface area contributed by atoms with E-state index >= 15 is 0 Å². The Morgan fingerprint density at radius 2 is 2.10 bits per heavy atom. The molecular weight excluding hydrogens is 332 g/mol. The zero-order valence-corrected chi connectivity index (χ0v) is 14.2. The van der Waals surface area contributed by atoms with Crippen LogP contribution in [0.3, 0.4) is 0 Å². The van der Waals surface area contributed by atoms with Crippen LogP contribution in [0, 0.1) is 0 Å². The second-order valence-electron chi connectivity index (χ2n) is 5.67. The minimum absolute atomic E-state index is 0.0249. The van der Waals surface area contributed by atoms with Gasteiger partial charge >= 0.3 is 0 Å². The molecule has 0 spiro atoms. The molecule has 5 heteroatoms. The van der Waals surface area contributed by atoms with Crippen LogP contribution in [0.15, 0.2) is 28.7 Å². The topological polar surface area (TPSA) is 50.4 Å². The number of halogens is 1. The van der Waals surface area contributed by atoms with Gasteiger partial charge in [0.2, 0.25) is 5.91 Å². The van der Waals surface area contributed by atoms with E-state index in [9.17, 15) is 4.79 Å². The first-order valence-corrected chi connectivity index (χ1v) is 8.27. The Hall–Kier alpha value is -0.910. The number of benzene rings is 1. The Labute approximate surface area is 134 Å². The van der Waals surface area contributed by atoms with Gasteiger partial charge in [0, 0.05) is 35.3 Å². The van der Waals surface area contributed by atoms with Crippen molar-refractivity contribution in [3.05, 3.63) is 28.7 Å². The van der Waals surface area contributed by atoms with Crippen molar-refractivity contribution in [3.8, 4) is 0 Å². The van der Waals surface area contributed by atoms with E-state index in [-0.39, 0.29) is 24.1 Å². The average Bonchev–Trinajstić information content (AvgIpc) is 2.95. The molecule has 116 valence electrons. The number of hydrogen-bond acceptors (Lipinski definition) is 3. The molecular formula is C16H23BrN2O2. The summed E-state index contributed by atoms with van der Waals surface area (Å²) >= 11 is 3.38. The quantitative estimate of drug-likeness (QED) is 0.823. The van der Waals surface area contributed by atoms with E-state index in [4.69, 9.17) is 4.74 Å². The molecule has 3 atom stereocenters. The van der Waals surface area contributed by atoms with Gasteiger partial charge in [-0.15, -0.1) is 0 Å². The summed E-state index contributed by atoms with van der Waals surface area (Å²) in [7, 11) is 0. The second-order valence-corrected chi connectivity index (χ2v) is 6.58. The van der Waals surface area contributed by atoms with Crippen LogP contribution in [-0.2, 0) is 9.53 Å². The molecule has 1 aliphatic rings. The van der Waals surface area contributed by atoms with E-state index in [1.807, 2.05) is 31.2 Å². The molecule has 1 heterocycles. The number of rotatable bonds is 6. The number of carbonyl (C=O) groups excluding carboxylic acids is 1. The number of carbonyl (C=O) groups is 1. The molecule has 2 rings (SSSR count). The van der Waals surface area contributed by atoms with Crippen LogP contribution in [0.2, 0.25) is 0 Å². The number of anilines is 1. The molecule has 1 aromatic carbocycles. The Bertz CT molecular complexity index is 458. The van der Waals surface area contributed by atoms with Gasteiger partial charge in [0.25, 0.3) is 0 Å². The third kappa shape index (κ3) is 5.41. The van der Waals surface area contributed by atoms with Crippen molar-refractivity contribution in [1.29, 1.82) is 0 Å². The fourth-order valence-electron chi connectivity index (χ4n) is 2.64. The molecule has 0 aliphatic carbocycles. The van der Waals surface area contributed by atoms with E-state index in [2.05, 4.69) is 33.5 Å². The minimum Gasteiger partial charge on any atom is -0.377 e. The van der Waals surface area contributed by atoms with Gasteiger partial charge in [-0.2, -0.15) is 0 Å². The average molecular weight is 355 g/mol. The van der Waals surface area contributed by atoms with Crippen LogP contribution in [0.4, 0.5) is 5.69 Å². The van der Waals surface area contributed by atoms with Crippen molar-refractivity contribution in [2.24, 2.45) is 0 Å². The summed E-state index contributed by atoms with van der Waals surface area (Å²) in [5.41, 5.74) is 0.822. The second kappa shape index (κ2) is 7.92. The molecule has 1 aliphatic heterocycles. The first-order valence-electron chi connectivity index (χ1n) is 7.47. The van der Waals surface area contributed by atoms with E-state index in [0.717, 1.165) is 29.6 Å². The van der Waals surface area contributed by atoms with Crippen LogP contribution >= 0.6 is 15.9 Å². The molecule has 0 radical (unpaired) electrons. The van der Waals surface area contributed by atoms with Crippen LogP contribution in [-0.4, -0.2) is 30.7 Å². The number of hydrogen-bond donors (Lipinski definition) is 2. The van der Waals surface area contributed by atoms with Gasteiger partial charge < -0.3 is 15.4 Å². The van der Waals surface area contributed by atoms with Gasteiger partial charge in [0.1, 0.15) is 0 Å². The SMILES string of the molecule is CC(CC(=O)Nc1ccc(Br)cc1)NC(C)C1CCCO1. The minimum atomic E-state index is 0.0249. The Kier molecular flexibility index (Phi) is 6.21. The lowest BCUT2D eigenvalue weighted by atomic mass is 10.1. The summed E-state index contributed by atoms with van der Waals surface area (Å²) < 4.78 is 6.66. The zero-order chi connectivity index (χ0) is 15.2. The summed E-state index contributed by atoms with van der Waals surface area (Å²) in [4.78, 5) is 12.0. The van der Waals surface area contributed by atoms with Gasteiger partial charge in [0.05, 0.1) is 6.10 Å². The first kappa shape index (κ1) is 16.5.